The lowest BCUT2D eigenvalue weighted by molar-refractivity contribution is -0.118. The number of fused-ring (bicyclic) bond motifs is 1. The van der Waals surface area contributed by atoms with E-state index in [-0.39, 0.29) is 12.0 Å². The van der Waals surface area contributed by atoms with Gasteiger partial charge in [0.1, 0.15) is 16.2 Å². The van der Waals surface area contributed by atoms with Gasteiger partial charge in [-0.25, -0.2) is 9.97 Å². The zero-order valence-corrected chi connectivity index (χ0v) is 15.4. The molecular formula is C16H23N3O2S2. The van der Waals surface area contributed by atoms with Gasteiger partial charge in [-0.2, -0.15) is 0 Å². The van der Waals surface area contributed by atoms with E-state index in [2.05, 4.69) is 28.3 Å². The van der Waals surface area contributed by atoms with Gasteiger partial charge in [0.15, 0.2) is 0 Å². The number of amides is 1. The molecule has 0 bridgehead atoms. The third kappa shape index (κ3) is 5.75. The number of carbonyl (C=O) groups excluding carboxylic acids is 1. The monoisotopic (exact) mass is 353 g/mol. The van der Waals surface area contributed by atoms with E-state index >= 15 is 0 Å². The number of thiophene rings is 1. The summed E-state index contributed by atoms with van der Waals surface area (Å²) in [6, 6.07) is 2.13. The lowest BCUT2D eigenvalue weighted by Gasteiger charge is -2.08. The van der Waals surface area contributed by atoms with Crippen LogP contribution in [0.5, 0.6) is 0 Å². The summed E-state index contributed by atoms with van der Waals surface area (Å²) in [4.78, 5) is 22.8. The summed E-state index contributed by atoms with van der Waals surface area (Å²) in [6.07, 6.45) is 3.63. The van der Waals surface area contributed by atoms with Crippen LogP contribution in [-0.2, 0) is 16.0 Å². The molecule has 2 aromatic rings. The van der Waals surface area contributed by atoms with Crippen molar-refractivity contribution in [2.75, 3.05) is 18.9 Å². The number of hydrogen-bond donors (Lipinski definition) is 1. The predicted molar refractivity (Wildman–Crippen MR) is 96.2 cm³/mol. The van der Waals surface area contributed by atoms with Crippen molar-refractivity contribution in [3.05, 3.63) is 17.3 Å². The lowest BCUT2D eigenvalue weighted by atomic mass is 10.3. The summed E-state index contributed by atoms with van der Waals surface area (Å²) in [5, 5.41) is 4.84. The molecule has 5 nitrogen and oxygen atoms in total. The molecule has 7 heteroatoms. The van der Waals surface area contributed by atoms with Gasteiger partial charge in [0, 0.05) is 23.4 Å². The van der Waals surface area contributed by atoms with E-state index < -0.39 is 0 Å². The number of thioether (sulfide) groups is 1. The van der Waals surface area contributed by atoms with Gasteiger partial charge in [0.25, 0.3) is 0 Å². The molecule has 126 valence electrons. The summed E-state index contributed by atoms with van der Waals surface area (Å²) in [5.74, 6) is 0.395. The molecule has 0 spiro atoms. The van der Waals surface area contributed by atoms with Crippen LogP contribution in [0.2, 0.25) is 0 Å². The molecule has 0 aliphatic heterocycles. The summed E-state index contributed by atoms with van der Waals surface area (Å²) in [5.41, 5.74) is 0. The quantitative estimate of drug-likeness (QED) is 0.426. The first kappa shape index (κ1) is 18.2. The molecule has 2 rings (SSSR count). The van der Waals surface area contributed by atoms with Crippen molar-refractivity contribution >= 4 is 39.2 Å². The Bertz CT molecular complexity index is 643. The number of aromatic nitrogens is 2. The Labute approximate surface area is 145 Å². The minimum Gasteiger partial charge on any atom is -0.379 e. The van der Waals surface area contributed by atoms with Gasteiger partial charge < -0.3 is 10.1 Å². The molecular weight excluding hydrogens is 330 g/mol. The number of nitrogens with one attached hydrogen (secondary N) is 1. The van der Waals surface area contributed by atoms with Crippen LogP contribution in [0.3, 0.4) is 0 Å². The minimum absolute atomic E-state index is 0.0252. The third-order valence-corrected chi connectivity index (χ3v) is 5.32. The second-order valence-electron chi connectivity index (χ2n) is 5.38. The average molecular weight is 354 g/mol. The Morgan fingerprint density at radius 1 is 1.43 bits per heavy atom. The number of hydrogen-bond acceptors (Lipinski definition) is 6. The van der Waals surface area contributed by atoms with Crippen molar-refractivity contribution < 1.29 is 9.53 Å². The number of aryl methyl sites for hydroxylation is 1. The second kappa shape index (κ2) is 9.20. The van der Waals surface area contributed by atoms with Crippen molar-refractivity contribution in [1.82, 2.24) is 15.3 Å². The maximum Gasteiger partial charge on any atom is 0.230 e. The van der Waals surface area contributed by atoms with Gasteiger partial charge in [0.2, 0.25) is 5.91 Å². The van der Waals surface area contributed by atoms with E-state index in [1.54, 1.807) is 17.7 Å². The summed E-state index contributed by atoms with van der Waals surface area (Å²) >= 11 is 3.15. The predicted octanol–water partition coefficient (Wildman–Crippen LogP) is 3.28. The topological polar surface area (TPSA) is 64.1 Å². The van der Waals surface area contributed by atoms with Gasteiger partial charge >= 0.3 is 0 Å². The van der Waals surface area contributed by atoms with Crippen LogP contribution in [-0.4, -0.2) is 40.9 Å². The maximum atomic E-state index is 11.9. The number of carbonyl (C=O) groups is 1. The van der Waals surface area contributed by atoms with E-state index in [1.807, 2.05) is 13.8 Å². The van der Waals surface area contributed by atoms with Crippen LogP contribution < -0.4 is 5.32 Å². The van der Waals surface area contributed by atoms with Gasteiger partial charge in [-0.15, -0.1) is 11.3 Å². The molecule has 23 heavy (non-hydrogen) atoms. The lowest BCUT2D eigenvalue weighted by Crippen LogP contribution is -2.27. The Morgan fingerprint density at radius 2 is 2.26 bits per heavy atom. The normalized spacial score (nSPS) is 11.3. The second-order valence-corrected chi connectivity index (χ2v) is 7.45. The molecule has 2 aromatic heterocycles. The molecule has 0 saturated carbocycles. The molecule has 0 saturated heterocycles. The summed E-state index contributed by atoms with van der Waals surface area (Å²) in [7, 11) is 0. The van der Waals surface area contributed by atoms with Crippen molar-refractivity contribution in [2.45, 2.75) is 44.7 Å². The fourth-order valence-corrected chi connectivity index (χ4v) is 3.78. The first-order chi connectivity index (χ1) is 11.1. The summed E-state index contributed by atoms with van der Waals surface area (Å²) in [6.45, 7) is 7.45. The molecule has 1 N–H and O–H groups in total. The first-order valence-corrected chi connectivity index (χ1v) is 9.65. The van der Waals surface area contributed by atoms with Crippen molar-refractivity contribution in [2.24, 2.45) is 0 Å². The van der Waals surface area contributed by atoms with Crippen LogP contribution in [0.15, 0.2) is 17.4 Å². The smallest absolute Gasteiger partial charge is 0.230 e. The highest BCUT2D eigenvalue weighted by Crippen LogP contribution is 2.30. The van der Waals surface area contributed by atoms with Crippen LogP contribution in [0.4, 0.5) is 0 Å². The average Bonchev–Trinajstić information content (AvgIpc) is 2.96. The highest BCUT2D eigenvalue weighted by Gasteiger charge is 2.10. The molecule has 0 aliphatic rings. The van der Waals surface area contributed by atoms with Gasteiger partial charge in [0.05, 0.1) is 11.9 Å². The fourth-order valence-electron chi connectivity index (χ4n) is 1.98. The largest absolute Gasteiger partial charge is 0.379 e. The molecule has 0 atom stereocenters. The third-order valence-electron chi connectivity index (χ3n) is 3.13. The minimum atomic E-state index is 0.0252. The molecule has 2 heterocycles. The number of nitrogens with zero attached hydrogens (tertiary/aromatic N) is 2. The van der Waals surface area contributed by atoms with E-state index in [4.69, 9.17) is 4.74 Å². The van der Waals surface area contributed by atoms with E-state index in [0.717, 1.165) is 28.1 Å². The van der Waals surface area contributed by atoms with Gasteiger partial charge in [-0.1, -0.05) is 18.7 Å². The van der Waals surface area contributed by atoms with E-state index in [0.29, 0.717) is 18.9 Å². The van der Waals surface area contributed by atoms with Crippen molar-refractivity contribution in [3.63, 3.8) is 0 Å². The van der Waals surface area contributed by atoms with Crippen molar-refractivity contribution in [3.8, 4) is 0 Å². The molecule has 0 fully saturated rings. The summed E-state index contributed by atoms with van der Waals surface area (Å²) < 4.78 is 5.44. The molecule has 0 unspecified atom stereocenters. The van der Waals surface area contributed by atoms with Gasteiger partial charge in [-0.05, 0) is 32.8 Å². The Hall–Kier alpha value is -1.18. The first-order valence-electron chi connectivity index (χ1n) is 7.84. The molecule has 0 aliphatic carbocycles. The maximum absolute atomic E-state index is 11.9. The Morgan fingerprint density at radius 3 is 3.00 bits per heavy atom. The molecule has 0 radical (unpaired) electrons. The molecule has 1 amide bonds. The Balaban J connectivity index is 1.79. The molecule has 0 aromatic carbocycles. The fraction of sp³-hybridized carbons (Fsp3) is 0.562. The zero-order chi connectivity index (χ0) is 16.7. The van der Waals surface area contributed by atoms with Crippen molar-refractivity contribution in [1.29, 1.82) is 0 Å². The van der Waals surface area contributed by atoms with Crippen LogP contribution in [0, 0.1) is 0 Å². The van der Waals surface area contributed by atoms with Crippen LogP contribution in [0.25, 0.3) is 10.2 Å². The standard InChI is InChI=1S/C16H23N3O2S2/c1-4-12-8-13-15(18-10-19-16(13)23-12)22-9-14(20)17-6-5-7-21-11(2)3/h8,10-11H,4-7,9H2,1-3H3,(H,17,20). The highest BCUT2D eigenvalue weighted by molar-refractivity contribution is 8.00. The highest BCUT2D eigenvalue weighted by atomic mass is 32.2. The Kier molecular flexibility index (Phi) is 7.26. The number of rotatable bonds is 9. The zero-order valence-electron chi connectivity index (χ0n) is 13.8. The number of ether oxygens (including phenoxy) is 1. The van der Waals surface area contributed by atoms with Crippen LogP contribution >= 0.6 is 23.1 Å². The SMILES string of the molecule is CCc1cc2c(SCC(=O)NCCCOC(C)C)ncnc2s1. The van der Waals surface area contributed by atoms with Gasteiger partial charge in [-0.3, -0.25) is 4.79 Å². The van der Waals surface area contributed by atoms with Crippen LogP contribution in [0.1, 0.15) is 32.1 Å². The van der Waals surface area contributed by atoms with E-state index in [1.165, 1.54) is 16.6 Å². The van der Waals surface area contributed by atoms with E-state index in [9.17, 15) is 4.79 Å².